The number of hydrogen-bond donors (Lipinski definition) is 0. The first kappa shape index (κ1) is 20.0. The monoisotopic (exact) mass is 382 g/mol. The average Bonchev–Trinajstić information content (AvgIpc) is 2.78. The van der Waals surface area contributed by atoms with E-state index in [1.807, 2.05) is 60.7 Å². The SMILES string of the molecule is CCOC(=O)[C@](C)(N=C(c1ccccc1)c1ccccc1)c1ccccc1C#N. The van der Waals surface area contributed by atoms with Crippen molar-refractivity contribution >= 4 is 11.7 Å². The molecule has 0 aliphatic carbocycles. The maximum Gasteiger partial charge on any atom is 0.338 e. The maximum atomic E-state index is 13.1. The molecule has 0 aliphatic heterocycles. The Bertz CT molecular complexity index is 1010. The van der Waals surface area contributed by atoms with Crippen LogP contribution in [0.1, 0.15) is 36.1 Å². The van der Waals surface area contributed by atoms with Gasteiger partial charge < -0.3 is 4.74 Å². The van der Waals surface area contributed by atoms with Crippen molar-refractivity contribution in [3.63, 3.8) is 0 Å². The number of hydrogen-bond acceptors (Lipinski definition) is 4. The Hall–Kier alpha value is -3.71. The predicted molar refractivity (Wildman–Crippen MR) is 114 cm³/mol. The first-order valence-electron chi connectivity index (χ1n) is 9.47. The van der Waals surface area contributed by atoms with Crippen molar-refractivity contribution in [2.24, 2.45) is 4.99 Å². The summed E-state index contributed by atoms with van der Waals surface area (Å²) in [5.41, 5.74) is 1.96. The Morgan fingerprint density at radius 3 is 1.97 bits per heavy atom. The van der Waals surface area contributed by atoms with E-state index in [-0.39, 0.29) is 6.61 Å². The Balaban J connectivity index is 2.29. The Kier molecular flexibility index (Phi) is 6.21. The highest BCUT2D eigenvalue weighted by Gasteiger charge is 2.39. The fourth-order valence-corrected chi connectivity index (χ4v) is 3.20. The van der Waals surface area contributed by atoms with Crippen LogP contribution in [0.25, 0.3) is 0 Å². The Labute approximate surface area is 171 Å². The molecule has 4 heteroatoms. The van der Waals surface area contributed by atoms with E-state index in [1.165, 1.54) is 0 Å². The molecular formula is C25H22N2O2. The molecule has 3 aromatic carbocycles. The van der Waals surface area contributed by atoms with E-state index in [9.17, 15) is 10.1 Å². The summed E-state index contributed by atoms with van der Waals surface area (Å²) in [6.07, 6.45) is 0. The van der Waals surface area contributed by atoms with Gasteiger partial charge in [0.1, 0.15) is 0 Å². The number of aliphatic imine (C=N–C) groups is 1. The third-order valence-electron chi connectivity index (χ3n) is 4.67. The van der Waals surface area contributed by atoms with E-state index in [0.717, 1.165) is 11.1 Å². The van der Waals surface area contributed by atoms with Crippen LogP contribution >= 0.6 is 0 Å². The van der Waals surface area contributed by atoms with Gasteiger partial charge in [-0.05, 0) is 19.9 Å². The molecule has 0 saturated carbocycles. The van der Waals surface area contributed by atoms with Crippen molar-refractivity contribution in [3.05, 3.63) is 107 Å². The fourth-order valence-electron chi connectivity index (χ4n) is 3.20. The largest absolute Gasteiger partial charge is 0.464 e. The number of ether oxygens (including phenoxy) is 1. The Morgan fingerprint density at radius 2 is 1.45 bits per heavy atom. The second kappa shape index (κ2) is 8.99. The van der Waals surface area contributed by atoms with Gasteiger partial charge in [-0.25, -0.2) is 4.79 Å². The number of carbonyl (C=O) groups excluding carboxylic acids is 1. The standard InChI is InChI=1S/C25H22N2O2/c1-3-29-24(28)25(2,22-17-11-10-16-21(22)18-26)27-23(19-12-6-4-7-13-19)20-14-8-5-9-15-20/h4-17H,3H2,1-2H3/t25-/m1/s1. The third-order valence-corrected chi connectivity index (χ3v) is 4.67. The normalized spacial score (nSPS) is 12.3. The van der Waals surface area contributed by atoms with Crippen molar-refractivity contribution in [2.75, 3.05) is 6.61 Å². The Morgan fingerprint density at radius 1 is 0.931 bits per heavy atom. The average molecular weight is 382 g/mol. The lowest BCUT2D eigenvalue weighted by Crippen LogP contribution is -2.35. The van der Waals surface area contributed by atoms with Gasteiger partial charge >= 0.3 is 5.97 Å². The molecule has 0 unspecified atom stereocenters. The van der Waals surface area contributed by atoms with Crippen molar-refractivity contribution in [1.82, 2.24) is 0 Å². The van der Waals surface area contributed by atoms with Gasteiger partial charge in [0.2, 0.25) is 0 Å². The van der Waals surface area contributed by atoms with Crippen molar-refractivity contribution < 1.29 is 9.53 Å². The molecule has 3 rings (SSSR count). The van der Waals surface area contributed by atoms with Gasteiger partial charge in [-0.3, -0.25) is 4.99 Å². The van der Waals surface area contributed by atoms with Gasteiger partial charge in [0, 0.05) is 16.7 Å². The van der Waals surface area contributed by atoms with E-state index in [4.69, 9.17) is 9.73 Å². The second-order valence-electron chi connectivity index (χ2n) is 6.64. The minimum atomic E-state index is -1.37. The number of nitrogens with zero attached hydrogens (tertiary/aromatic N) is 2. The maximum absolute atomic E-state index is 13.1. The van der Waals surface area contributed by atoms with Crippen molar-refractivity contribution in [1.29, 1.82) is 5.26 Å². The molecule has 0 saturated heterocycles. The van der Waals surface area contributed by atoms with Crippen LogP contribution in [0.3, 0.4) is 0 Å². The number of carbonyl (C=O) groups is 1. The zero-order valence-electron chi connectivity index (χ0n) is 16.5. The summed E-state index contributed by atoms with van der Waals surface area (Å²) < 4.78 is 5.38. The number of nitriles is 1. The van der Waals surface area contributed by atoms with Crippen LogP contribution in [-0.4, -0.2) is 18.3 Å². The molecule has 1 atom stereocenters. The first-order valence-corrected chi connectivity index (χ1v) is 9.47. The molecule has 0 N–H and O–H groups in total. The number of rotatable bonds is 6. The lowest BCUT2D eigenvalue weighted by molar-refractivity contribution is -0.149. The van der Waals surface area contributed by atoms with Crippen molar-refractivity contribution in [2.45, 2.75) is 19.4 Å². The van der Waals surface area contributed by atoms with Gasteiger partial charge in [0.15, 0.2) is 5.54 Å². The topological polar surface area (TPSA) is 62.4 Å². The van der Waals surface area contributed by atoms with E-state index in [0.29, 0.717) is 16.8 Å². The molecule has 4 nitrogen and oxygen atoms in total. The van der Waals surface area contributed by atoms with Crippen LogP contribution in [0.15, 0.2) is 89.9 Å². The van der Waals surface area contributed by atoms with Crippen LogP contribution in [0.4, 0.5) is 0 Å². The molecule has 0 amide bonds. The van der Waals surface area contributed by atoms with Crippen LogP contribution in [-0.2, 0) is 15.1 Å². The summed E-state index contributed by atoms with van der Waals surface area (Å²) in [6.45, 7) is 3.69. The molecule has 0 spiro atoms. The van der Waals surface area contributed by atoms with Crippen molar-refractivity contribution in [3.8, 4) is 6.07 Å². The van der Waals surface area contributed by atoms with Gasteiger partial charge in [-0.15, -0.1) is 0 Å². The fraction of sp³-hybridized carbons (Fsp3) is 0.160. The summed E-state index contributed by atoms with van der Waals surface area (Å²) in [4.78, 5) is 18.0. The molecule has 144 valence electrons. The van der Waals surface area contributed by atoms with E-state index in [2.05, 4.69) is 6.07 Å². The van der Waals surface area contributed by atoms with Gasteiger partial charge in [-0.1, -0.05) is 78.9 Å². The highest BCUT2D eigenvalue weighted by molar-refractivity contribution is 6.13. The highest BCUT2D eigenvalue weighted by atomic mass is 16.5. The van der Waals surface area contributed by atoms with E-state index in [1.54, 1.807) is 38.1 Å². The highest BCUT2D eigenvalue weighted by Crippen LogP contribution is 2.32. The van der Waals surface area contributed by atoms with E-state index >= 15 is 0 Å². The van der Waals surface area contributed by atoms with Crippen LogP contribution in [0, 0.1) is 11.3 Å². The molecule has 3 aromatic rings. The number of esters is 1. The zero-order chi connectivity index (χ0) is 20.7. The minimum Gasteiger partial charge on any atom is -0.464 e. The first-order chi connectivity index (χ1) is 14.1. The molecule has 0 aromatic heterocycles. The quantitative estimate of drug-likeness (QED) is 0.451. The van der Waals surface area contributed by atoms with E-state index < -0.39 is 11.5 Å². The lowest BCUT2D eigenvalue weighted by Gasteiger charge is -2.26. The predicted octanol–water partition coefficient (Wildman–Crippen LogP) is 4.87. The smallest absolute Gasteiger partial charge is 0.338 e. The molecular weight excluding hydrogens is 360 g/mol. The zero-order valence-corrected chi connectivity index (χ0v) is 16.5. The molecule has 0 aliphatic rings. The molecule has 0 bridgehead atoms. The number of benzene rings is 3. The summed E-state index contributed by atoms with van der Waals surface area (Å²) in [5, 5.41) is 9.61. The van der Waals surface area contributed by atoms with Crippen LogP contribution < -0.4 is 0 Å². The summed E-state index contributed by atoms with van der Waals surface area (Å²) in [6, 6.07) is 28.6. The van der Waals surface area contributed by atoms with Gasteiger partial charge in [-0.2, -0.15) is 5.26 Å². The molecule has 0 radical (unpaired) electrons. The van der Waals surface area contributed by atoms with Crippen LogP contribution in [0.2, 0.25) is 0 Å². The van der Waals surface area contributed by atoms with Crippen LogP contribution in [0.5, 0.6) is 0 Å². The summed E-state index contributed by atoms with van der Waals surface area (Å²) in [5.74, 6) is -0.493. The molecule has 29 heavy (non-hydrogen) atoms. The summed E-state index contributed by atoms with van der Waals surface area (Å²) >= 11 is 0. The molecule has 0 fully saturated rings. The third kappa shape index (κ3) is 4.25. The lowest BCUT2D eigenvalue weighted by atomic mass is 9.88. The second-order valence-corrected chi connectivity index (χ2v) is 6.64. The van der Waals surface area contributed by atoms with Gasteiger partial charge in [0.05, 0.1) is 24.0 Å². The van der Waals surface area contributed by atoms with Gasteiger partial charge in [0.25, 0.3) is 0 Å². The molecule has 0 heterocycles. The summed E-state index contributed by atoms with van der Waals surface area (Å²) in [7, 11) is 0. The minimum absolute atomic E-state index is 0.227.